The Bertz CT molecular complexity index is 238. The lowest BCUT2D eigenvalue weighted by molar-refractivity contribution is -0.121. The number of nitrogens with one attached hydrogen (secondary N) is 1. The summed E-state index contributed by atoms with van der Waals surface area (Å²) in [6.07, 6.45) is 9.78. The van der Waals surface area contributed by atoms with Crippen molar-refractivity contribution in [1.29, 1.82) is 0 Å². The first kappa shape index (κ1) is 15.8. The molecule has 3 nitrogen and oxygen atoms in total. The highest BCUT2D eigenvalue weighted by Gasteiger charge is 2.26. The number of thioether (sulfide) groups is 1. The molecule has 1 amide bonds. The first-order chi connectivity index (χ1) is 8.72. The standard InChI is InChI=1S/C14H27NO2S/c1-3-13(18-2)14(17)15-12(9-10-16)11-7-5-4-6-8-11/h11-13,16H,3-10H2,1-2H3,(H,15,17). The zero-order valence-electron chi connectivity index (χ0n) is 11.7. The summed E-state index contributed by atoms with van der Waals surface area (Å²) < 4.78 is 0. The van der Waals surface area contributed by atoms with Crippen molar-refractivity contribution in [2.24, 2.45) is 5.92 Å². The van der Waals surface area contributed by atoms with Crippen LogP contribution in [0.3, 0.4) is 0 Å². The zero-order chi connectivity index (χ0) is 13.4. The maximum atomic E-state index is 12.1. The molecule has 0 radical (unpaired) electrons. The molecule has 18 heavy (non-hydrogen) atoms. The van der Waals surface area contributed by atoms with E-state index in [1.54, 1.807) is 11.8 Å². The quantitative estimate of drug-likeness (QED) is 0.749. The summed E-state index contributed by atoms with van der Waals surface area (Å²) in [6, 6.07) is 0.170. The minimum Gasteiger partial charge on any atom is -0.396 e. The molecule has 4 heteroatoms. The molecule has 1 aliphatic rings. The largest absolute Gasteiger partial charge is 0.396 e. The number of aliphatic hydroxyl groups is 1. The highest BCUT2D eigenvalue weighted by atomic mass is 32.2. The molecule has 2 N–H and O–H groups in total. The van der Waals surface area contributed by atoms with Crippen LogP contribution >= 0.6 is 11.8 Å². The van der Waals surface area contributed by atoms with Crippen molar-refractivity contribution in [3.63, 3.8) is 0 Å². The van der Waals surface area contributed by atoms with E-state index in [0.29, 0.717) is 12.3 Å². The van der Waals surface area contributed by atoms with Crippen LogP contribution in [0.2, 0.25) is 0 Å². The van der Waals surface area contributed by atoms with Crippen LogP contribution in [0.25, 0.3) is 0 Å². The fourth-order valence-corrected chi connectivity index (χ4v) is 3.45. The van der Waals surface area contributed by atoms with Gasteiger partial charge in [-0.15, -0.1) is 0 Å². The number of amides is 1. The predicted octanol–water partition coefficient (Wildman–Crippen LogP) is 2.58. The molecule has 2 unspecified atom stereocenters. The SMILES string of the molecule is CCC(SC)C(=O)NC(CCO)C1CCCCC1. The molecule has 0 aliphatic heterocycles. The van der Waals surface area contributed by atoms with E-state index < -0.39 is 0 Å². The Balaban J connectivity index is 2.52. The monoisotopic (exact) mass is 273 g/mol. The van der Waals surface area contributed by atoms with Gasteiger partial charge in [0.25, 0.3) is 0 Å². The maximum Gasteiger partial charge on any atom is 0.233 e. The van der Waals surface area contributed by atoms with Crippen molar-refractivity contribution in [3.05, 3.63) is 0 Å². The lowest BCUT2D eigenvalue weighted by atomic mass is 9.82. The third-order valence-electron chi connectivity index (χ3n) is 3.93. The molecule has 2 atom stereocenters. The van der Waals surface area contributed by atoms with Gasteiger partial charge in [-0.1, -0.05) is 26.2 Å². The summed E-state index contributed by atoms with van der Waals surface area (Å²) in [5.74, 6) is 0.711. The highest BCUT2D eigenvalue weighted by Crippen LogP contribution is 2.28. The van der Waals surface area contributed by atoms with Crippen molar-refractivity contribution in [2.75, 3.05) is 12.9 Å². The molecular weight excluding hydrogens is 246 g/mol. The van der Waals surface area contributed by atoms with Crippen LogP contribution in [0.1, 0.15) is 51.9 Å². The van der Waals surface area contributed by atoms with E-state index in [0.717, 1.165) is 6.42 Å². The molecular formula is C14H27NO2S. The summed E-state index contributed by atoms with van der Waals surface area (Å²) in [5.41, 5.74) is 0. The fourth-order valence-electron chi connectivity index (χ4n) is 2.84. The summed E-state index contributed by atoms with van der Waals surface area (Å²) in [6.45, 7) is 2.21. The van der Waals surface area contributed by atoms with Gasteiger partial charge in [0.2, 0.25) is 5.91 Å². The Morgan fingerprint density at radius 3 is 2.56 bits per heavy atom. The smallest absolute Gasteiger partial charge is 0.233 e. The van der Waals surface area contributed by atoms with Crippen molar-refractivity contribution in [2.45, 2.75) is 63.2 Å². The van der Waals surface area contributed by atoms with Crippen molar-refractivity contribution >= 4 is 17.7 Å². The van der Waals surface area contributed by atoms with E-state index in [4.69, 9.17) is 0 Å². The van der Waals surface area contributed by atoms with Crippen LogP contribution in [-0.4, -0.2) is 35.2 Å². The van der Waals surface area contributed by atoms with E-state index in [-0.39, 0.29) is 23.8 Å². The molecule has 0 aromatic rings. The normalized spacial score (nSPS) is 20.4. The predicted molar refractivity (Wildman–Crippen MR) is 77.8 cm³/mol. The molecule has 0 saturated heterocycles. The average Bonchev–Trinajstić information content (AvgIpc) is 2.40. The summed E-state index contributed by atoms with van der Waals surface area (Å²) in [7, 11) is 0. The van der Waals surface area contributed by atoms with Gasteiger partial charge in [-0.25, -0.2) is 0 Å². The van der Waals surface area contributed by atoms with Crippen molar-refractivity contribution in [3.8, 4) is 0 Å². The molecule has 0 aromatic heterocycles. The Morgan fingerprint density at radius 2 is 2.06 bits per heavy atom. The van der Waals surface area contributed by atoms with Crippen LogP contribution in [0.15, 0.2) is 0 Å². The third-order valence-corrected chi connectivity index (χ3v) is 5.05. The van der Waals surface area contributed by atoms with E-state index >= 15 is 0 Å². The summed E-state index contributed by atoms with van der Waals surface area (Å²) in [5, 5.41) is 12.4. The number of rotatable bonds is 7. The van der Waals surface area contributed by atoms with Gasteiger partial charge in [0.15, 0.2) is 0 Å². The van der Waals surface area contributed by atoms with E-state index in [1.807, 2.05) is 13.2 Å². The summed E-state index contributed by atoms with van der Waals surface area (Å²) in [4.78, 5) is 12.1. The van der Waals surface area contributed by atoms with Gasteiger partial charge in [0.1, 0.15) is 0 Å². The molecule has 106 valence electrons. The molecule has 1 saturated carbocycles. The van der Waals surface area contributed by atoms with Gasteiger partial charge in [-0.2, -0.15) is 11.8 Å². The van der Waals surface area contributed by atoms with E-state index in [2.05, 4.69) is 5.32 Å². The second-order valence-electron chi connectivity index (χ2n) is 5.16. The van der Waals surface area contributed by atoms with Crippen molar-refractivity contribution in [1.82, 2.24) is 5.32 Å². The fraction of sp³-hybridized carbons (Fsp3) is 0.929. The minimum absolute atomic E-state index is 0.0507. The first-order valence-corrected chi connectivity index (χ1v) is 8.45. The lowest BCUT2D eigenvalue weighted by Gasteiger charge is -2.31. The van der Waals surface area contributed by atoms with Crippen LogP contribution in [0, 0.1) is 5.92 Å². The molecule has 1 rings (SSSR count). The van der Waals surface area contributed by atoms with E-state index in [9.17, 15) is 9.90 Å². The van der Waals surface area contributed by atoms with Crippen LogP contribution < -0.4 is 5.32 Å². The van der Waals surface area contributed by atoms with Gasteiger partial charge in [-0.05, 0) is 37.9 Å². The van der Waals surface area contributed by atoms with Crippen LogP contribution in [0.5, 0.6) is 0 Å². The van der Waals surface area contributed by atoms with Crippen molar-refractivity contribution < 1.29 is 9.90 Å². The maximum absolute atomic E-state index is 12.1. The number of hydrogen-bond acceptors (Lipinski definition) is 3. The zero-order valence-corrected chi connectivity index (χ0v) is 12.5. The second kappa shape index (κ2) is 8.81. The van der Waals surface area contributed by atoms with E-state index in [1.165, 1.54) is 32.1 Å². The lowest BCUT2D eigenvalue weighted by Crippen LogP contribution is -2.45. The molecule has 1 fully saturated rings. The van der Waals surface area contributed by atoms with Gasteiger partial charge in [0.05, 0.1) is 5.25 Å². The Kier molecular flexibility index (Phi) is 7.75. The average molecular weight is 273 g/mol. The minimum atomic E-state index is 0.0507. The molecule has 0 bridgehead atoms. The van der Waals surface area contributed by atoms with Crippen LogP contribution in [0.4, 0.5) is 0 Å². The number of hydrogen-bond donors (Lipinski definition) is 2. The Labute approximate surface area is 115 Å². The first-order valence-electron chi connectivity index (χ1n) is 7.17. The molecule has 0 heterocycles. The topological polar surface area (TPSA) is 49.3 Å². The molecule has 1 aliphatic carbocycles. The molecule has 0 aromatic carbocycles. The third kappa shape index (κ3) is 4.81. The Morgan fingerprint density at radius 1 is 1.39 bits per heavy atom. The van der Waals surface area contributed by atoms with Gasteiger partial charge >= 0.3 is 0 Å². The summed E-state index contributed by atoms with van der Waals surface area (Å²) >= 11 is 1.61. The number of carbonyl (C=O) groups is 1. The van der Waals surface area contributed by atoms with Crippen LogP contribution in [-0.2, 0) is 4.79 Å². The molecule has 0 spiro atoms. The number of aliphatic hydroxyl groups excluding tert-OH is 1. The number of carbonyl (C=O) groups excluding carboxylic acids is 1. The highest BCUT2D eigenvalue weighted by molar-refractivity contribution is 7.99. The van der Waals surface area contributed by atoms with Gasteiger partial charge in [-0.3, -0.25) is 4.79 Å². The van der Waals surface area contributed by atoms with Gasteiger partial charge in [0, 0.05) is 12.6 Å². The Hall–Kier alpha value is -0.220. The second-order valence-corrected chi connectivity index (χ2v) is 6.20. The van der Waals surface area contributed by atoms with Gasteiger partial charge < -0.3 is 10.4 Å².